The summed E-state index contributed by atoms with van der Waals surface area (Å²) in [6.45, 7) is 5.83. The van der Waals surface area contributed by atoms with Gasteiger partial charge < -0.3 is 15.1 Å². The fraction of sp³-hybridized carbons (Fsp3) is 0.529. The molecule has 2 atom stereocenters. The summed E-state index contributed by atoms with van der Waals surface area (Å²) >= 11 is 0. The smallest absolute Gasteiger partial charge is 0.318 e. The van der Waals surface area contributed by atoms with Crippen LogP contribution < -0.4 is 5.32 Å². The van der Waals surface area contributed by atoms with Crippen LogP contribution in [0.1, 0.15) is 30.9 Å². The molecule has 0 bridgehead atoms. The standard InChI is InChI=1S/C17H23N3O2/c1-12-5-3-6-14(9-12)10-18-17(22)20-11-15-7-4-8-19(15)16(21)13(20)2/h3,5-6,9,13,15H,4,7-8,10-11H2,1-2H3,(H,18,22). The zero-order valence-corrected chi connectivity index (χ0v) is 13.2. The van der Waals surface area contributed by atoms with Crippen LogP contribution in [0.5, 0.6) is 0 Å². The molecule has 2 aliphatic heterocycles. The summed E-state index contributed by atoms with van der Waals surface area (Å²) < 4.78 is 0. The molecule has 22 heavy (non-hydrogen) atoms. The van der Waals surface area contributed by atoms with Gasteiger partial charge in [-0.15, -0.1) is 0 Å². The molecule has 2 unspecified atom stereocenters. The van der Waals surface area contributed by atoms with Crippen molar-refractivity contribution in [3.8, 4) is 0 Å². The van der Waals surface area contributed by atoms with Crippen molar-refractivity contribution in [3.05, 3.63) is 35.4 Å². The molecule has 5 heteroatoms. The van der Waals surface area contributed by atoms with Gasteiger partial charge in [-0.25, -0.2) is 4.79 Å². The van der Waals surface area contributed by atoms with Crippen molar-refractivity contribution < 1.29 is 9.59 Å². The lowest BCUT2D eigenvalue weighted by molar-refractivity contribution is -0.140. The van der Waals surface area contributed by atoms with Crippen molar-refractivity contribution >= 4 is 11.9 Å². The molecule has 0 saturated carbocycles. The van der Waals surface area contributed by atoms with E-state index in [1.54, 1.807) is 4.90 Å². The first-order valence-corrected chi connectivity index (χ1v) is 7.97. The Morgan fingerprint density at radius 1 is 1.41 bits per heavy atom. The minimum Gasteiger partial charge on any atom is -0.336 e. The highest BCUT2D eigenvalue weighted by atomic mass is 16.2. The summed E-state index contributed by atoms with van der Waals surface area (Å²) in [6, 6.07) is 7.76. The van der Waals surface area contributed by atoms with Crippen LogP contribution >= 0.6 is 0 Å². The number of rotatable bonds is 2. The highest BCUT2D eigenvalue weighted by Gasteiger charge is 2.41. The molecule has 0 aliphatic carbocycles. The summed E-state index contributed by atoms with van der Waals surface area (Å²) in [6.07, 6.45) is 2.04. The van der Waals surface area contributed by atoms with E-state index >= 15 is 0 Å². The second kappa shape index (κ2) is 5.99. The largest absolute Gasteiger partial charge is 0.336 e. The molecule has 5 nitrogen and oxygen atoms in total. The predicted octanol–water partition coefficient (Wildman–Crippen LogP) is 1.90. The van der Waals surface area contributed by atoms with Crippen LogP contribution in [0.25, 0.3) is 0 Å². The number of hydrogen-bond donors (Lipinski definition) is 1. The molecule has 3 rings (SSSR count). The maximum absolute atomic E-state index is 12.4. The monoisotopic (exact) mass is 301 g/mol. The van der Waals surface area contributed by atoms with E-state index < -0.39 is 0 Å². The summed E-state index contributed by atoms with van der Waals surface area (Å²) in [7, 11) is 0. The van der Waals surface area contributed by atoms with Crippen molar-refractivity contribution in [2.45, 2.75) is 45.3 Å². The Morgan fingerprint density at radius 3 is 3.00 bits per heavy atom. The van der Waals surface area contributed by atoms with E-state index in [9.17, 15) is 9.59 Å². The van der Waals surface area contributed by atoms with Gasteiger partial charge in [0.1, 0.15) is 6.04 Å². The fourth-order valence-corrected chi connectivity index (χ4v) is 3.43. The third-order valence-corrected chi connectivity index (χ3v) is 4.68. The Balaban J connectivity index is 1.63. The zero-order valence-electron chi connectivity index (χ0n) is 13.2. The van der Waals surface area contributed by atoms with E-state index in [0.29, 0.717) is 13.1 Å². The van der Waals surface area contributed by atoms with E-state index in [1.807, 2.05) is 36.9 Å². The molecule has 118 valence electrons. The average molecular weight is 301 g/mol. The molecule has 2 saturated heterocycles. The Labute approximate surface area is 131 Å². The van der Waals surface area contributed by atoms with Gasteiger partial charge in [-0.2, -0.15) is 0 Å². The summed E-state index contributed by atoms with van der Waals surface area (Å²) in [5.41, 5.74) is 2.25. The summed E-state index contributed by atoms with van der Waals surface area (Å²) in [5, 5.41) is 2.94. The van der Waals surface area contributed by atoms with E-state index in [2.05, 4.69) is 11.4 Å². The first-order chi connectivity index (χ1) is 10.6. The molecule has 1 aromatic carbocycles. The maximum atomic E-state index is 12.4. The summed E-state index contributed by atoms with van der Waals surface area (Å²) in [4.78, 5) is 28.4. The van der Waals surface area contributed by atoms with Crippen LogP contribution in [0.2, 0.25) is 0 Å². The number of carbonyl (C=O) groups is 2. The minimum absolute atomic E-state index is 0.0828. The predicted molar refractivity (Wildman–Crippen MR) is 84.3 cm³/mol. The number of fused-ring (bicyclic) bond motifs is 1. The van der Waals surface area contributed by atoms with Crippen LogP contribution in [0.15, 0.2) is 24.3 Å². The van der Waals surface area contributed by atoms with Crippen LogP contribution in [0, 0.1) is 6.92 Å². The van der Waals surface area contributed by atoms with Crippen molar-refractivity contribution in [1.29, 1.82) is 0 Å². The number of amides is 3. The van der Waals surface area contributed by atoms with E-state index in [1.165, 1.54) is 5.56 Å². The Morgan fingerprint density at radius 2 is 2.23 bits per heavy atom. The molecule has 2 fully saturated rings. The van der Waals surface area contributed by atoms with Crippen LogP contribution in [0.3, 0.4) is 0 Å². The van der Waals surface area contributed by atoms with Gasteiger partial charge in [0.15, 0.2) is 0 Å². The number of aryl methyl sites for hydroxylation is 1. The quantitative estimate of drug-likeness (QED) is 0.907. The Kier molecular flexibility index (Phi) is 4.05. The van der Waals surface area contributed by atoms with E-state index in [-0.39, 0.29) is 24.0 Å². The number of urea groups is 1. The lowest BCUT2D eigenvalue weighted by Gasteiger charge is -2.41. The molecule has 1 aromatic rings. The lowest BCUT2D eigenvalue weighted by Crippen LogP contribution is -2.61. The van der Waals surface area contributed by atoms with Crippen LogP contribution in [-0.2, 0) is 11.3 Å². The minimum atomic E-state index is -0.369. The number of nitrogens with one attached hydrogen (secondary N) is 1. The van der Waals surface area contributed by atoms with Crippen molar-refractivity contribution in [3.63, 3.8) is 0 Å². The second-order valence-corrected chi connectivity index (χ2v) is 6.30. The third-order valence-electron chi connectivity index (χ3n) is 4.68. The first kappa shape index (κ1) is 14.9. The summed E-state index contributed by atoms with van der Waals surface area (Å²) in [5.74, 6) is 0.0828. The molecule has 0 spiro atoms. The lowest BCUT2D eigenvalue weighted by atomic mass is 10.1. The van der Waals surface area contributed by atoms with E-state index in [0.717, 1.165) is 24.9 Å². The van der Waals surface area contributed by atoms with Gasteiger partial charge in [0.2, 0.25) is 5.91 Å². The molecule has 2 aliphatic rings. The van der Waals surface area contributed by atoms with Crippen molar-refractivity contribution in [2.24, 2.45) is 0 Å². The molecule has 2 heterocycles. The van der Waals surface area contributed by atoms with E-state index in [4.69, 9.17) is 0 Å². The van der Waals surface area contributed by atoms with Crippen LogP contribution in [0.4, 0.5) is 4.79 Å². The Hall–Kier alpha value is -2.04. The Bertz CT molecular complexity index is 587. The normalized spacial score (nSPS) is 24.4. The fourth-order valence-electron chi connectivity index (χ4n) is 3.43. The molecule has 0 aromatic heterocycles. The first-order valence-electron chi connectivity index (χ1n) is 7.97. The maximum Gasteiger partial charge on any atom is 0.318 e. The number of nitrogens with zero attached hydrogens (tertiary/aromatic N) is 2. The third kappa shape index (κ3) is 2.80. The van der Waals surface area contributed by atoms with Gasteiger partial charge in [-0.05, 0) is 32.3 Å². The average Bonchev–Trinajstić information content (AvgIpc) is 2.97. The van der Waals surface area contributed by atoms with Gasteiger partial charge in [0.25, 0.3) is 0 Å². The number of hydrogen-bond acceptors (Lipinski definition) is 2. The van der Waals surface area contributed by atoms with Gasteiger partial charge in [0, 0.05) is 25.7 Å². The number of benzene rings is 1. The van der Waals surface area contributed by atoms with Crippen molar-refractivity contribution in [1.82, 2.24) is 15.1 Å². The highest BCUT2D eigenvalue weighted by Crippen LogP contribution is 2.25. The van der Waals surface area contributed by atoms with Gasteiger partial charge in [-0.1, -0.05) is 29.8 Å². The van der Waals surface area contributed by atoms with Crippen molar-refractivity contribution in [2.75, 3.05) is 13.1 Å². The zero-order chi connectivity index (χ0) is 15.7. The second-order valence-electron chi connectivity index (χ2n) is 6.30. The molecular formula is C17H23N3O2. The molecular weight excluding hydrogens is 278 g/mol. The van der Waals surface area contributed by atoms with Gasteiger partial charge >= 0.3 is 6.03 Å². The topological polar surface area (TPSA) is 52.7 Å². The molecule has 1 N–H and O–H groups in total. The number of piperazine rings is 1. The van der Waals surface area contributed by atoms with Crippen LogP contribution in [-0.4, -0.2) is 46.9 Å². The number of carbonyl (C=O) groups excluding carboxylic acids is 2. The van der Waals surface area contributed by atoms with Gasteiger partial charge in [-0.3, -0.25) is 4.79 Å². The molecule has 3 amide bonds. The molecule has 0 radical (unpaired) electrons. The van der Waals surface area contributed by atoms with Gasteiger partial charge in [0.05, 0.1) is 0 Å². The SMILES string of the molecule is Cc1cccc(CNC(=O)N2CC3CCCN3C(=O)C2C)c1. The highest BCUT2D eigenvalue weighted by molar-refractivity contribution is 5.88.